The van der Waals surface area contributed by atoms with E-state index < -0.39 is 17.5 Å². The van der Waals surface area contributed by atoms with E-state index in [1.165, 1.54) is 34.9 Å². The number of anilines is 1. The highest BCUT2D eigenvalue weighted by molar-refractivity contribution is 5.81. The fourth-order valence-corrected chi connectivity index (χ4v) is 2.00. The van der Waals surface area contributed by atoms with Gasteiger partial charge in [0.25, 0.3) is 0 Å². The Morgan fingerprint density at radius 2 is 1.63 bits per heavy atom. The third-order valence-corrected chi connectivity index (χ3v) is 2.83. The number of hydrogen-bond acceptors (Lipinski definition) is 2. The number of aromatic nitrogens is 2. The van der Waals surface area contributed by atoms with Crippen LogP contribution in [0.4, 0.5) is 19.1 Å². The zero-order valence-electron chi connectivity index (χ0n) is 9.57. The number of fused-ring (bicyclic) bond motifs is 1. The summed E-state index contributed by atoms with van der Waals surface area (Å²) in [6.07, 6.45) is 0. The number of nitrogen functional groups attached to an aromatic ring is 1. The quantitative estimate of drug-likeness (QED) is 0.733. The Morgan fingerprint density at radius 1 is 0.947 bits per heavy atom. The highest BCUT2D eigenvalue weighted by Gasteiger charge is 2.17. The molecule has 0 bridgehead atoms. The Hall–Kier alpha value is -2.50. The molecule has 0 unspecified atom stereocenters. The maximum Gasteiger partial charge on any atom is 0.206 e. The van der Waals surface area contributed by atoms with Crippen LogP contribution in [0.3, 0.4) is 0 Å². The molecule has 2 aromatic carbocycles. The zero-order chi connectivity index (χ0) is 13.6. The monoisotopic (exact) mass is 263 g/mol. The van der Waals surface area contributed by atoms with Crippen LogP contribution in [-0.2, 0) is 0 Å². The van der Waals surface area contributed by atoms with Gasteiger partial charge in [-0.05, 0) is 24.3 Å². The lowest BCUT2D eigenvalue weighted by molar-refractivity contribution is 0.505. The Bertz CT molecular complexity index is 780. The van der Waals surface area contributed by atoms with Gasteiger partial charge in [0, 0.05) is 0 Å². The van der Waals surface area contributed by atoms with E-state index in [9.17, 15) is 13.2 Å². The summed E-state index contributed by atoms with van der Waals surface area (Å²) in [5.41, 5.74) is 5.86. The SMILES string of the molecule is Nc1nc2c(F)cccc2n1-c1cccc(F)c1F. The molecule has 0 saturated carbocycles. The number of imidazole rings is 1. The Morgan fingerprint density at radius 3 is 2.42 bits per heavy atom. The number of nitrogens with zero attached hydrogens (tertiary/aromatic N) is 2. The molecule has 6 heteroatoms. The highest BCUT2D eigenvalue weighted by Crippen LogP contribution is 2.26. The van der Waals surface area contributed by atoms with Gasteiger partial charge in [0.15, 0.2) is 17.5 Å². The first-order chi connectivity index (χ1) is 9.09. The number of rotatable bonds is 1. The molecule has 0 amide bonds. The summed E-state index contributed by atoms with van der Waals surface area (Å²) < 4.78 is 41.8. The van der Waals surface area contributed by atoms with Crippen molar-refractivity contribution in [1.29, 1.82) is 0 Å². The van der Waals surface area contributed by atoms with Crippen molar-refractivity contribution in [2.45, 2.75) is 0 Å². The Balaban J connectivity index is 2.40. The second-order valence-corrected chi connectivity index (χ2v) is 3.99. The molecule has 0 aliphatic carbocycles. The van der Waals surface area contributed by atoms with Crippen LogP contribution in [0.15, 0.2) is 36.4 Å². The fraction of sp³-hybridized carbons (Fsp3) is 0. The Kier molecular flexibility index (Phi) is 2.45. The van der Waals surface area contributed by atoms with Gasteiger partial charge in [-0.15, -0.1) is 0 Å². The van der Waals surface area contributed by atoms with E-state index in [-0.39, 0.29) is 22.7 Å². The van der Waals surface area contributed by atoms with Gasteiger partial charge in [0.1, 0.15) is 5.52 Å². The maximum absolute atomic E-state index is 13.8. The molecule has 1 heterocycles. The molecular weight excluding hydrogens is 255 g/mol. The van der Waals surface area contributed by atoms with E-state index in [1.54, 1.807) is 0 Å². The van der Waals surface area contributed by atoms with Crippen molar-refractivity contribution in [3.8, 4) is 5.69 Å². The van der Waals surface area contributed by atoms with Gasteiger partial charge in [0.2, 0.25) is 5.95 Å². The molecule has 2 N–H and O–H groups in total. The van der Waals surface area contributed by atoms with Gasteiger partial charge in [-0.25, -0.2) is 18.2 Å². The predicted octanol–water partition coefficient (Wildman–Crippen LogP) is 3.03. The number of nitrogens with two attached hydrogens (primary N) is 1. The summed E-state index contributed by atoms with van der Waals surface area (Å²) in [7, 11) is 0. The molecule has 96 valence electrons. The lowest BCUT2D eigenvalue weighted by Gasteiger charge is -2.08. The predicted molar refractivity (Wildman–Crippen MR) is 65.4 cm³/mol. The smallest absolute Gasteiger partial charge is 0.206 e. The lowest BCUT2D eigenvalue weighted by atomic mass is 10.2. The summed E-state index contributed by atoms with van der Waals surface area (Å²) >= 11 is 0. The summed E-state index contributed by atoms with van der Waals surface area (Å²) in [5.74, 6) is -2.74. The van der Waals surface area contributed by atoms with Gasteiger partial charge < -0.3 is 5.73 Å². The third kappa shape index (κ3) is 1.64. The van der Waals surface area contributed by atoms with E-state index >= 15 is 0 Å². The summed E-state index contributed by atoms with van der Waals surface area (Å²) in [5, 5.41) is 0. The normalized spacial score (nSPS) is 11.1. The minimum atomic E-state index is -1.06. The first kappa shape index (κ1) is 11.6. The van der Waals surface area contributed by atoms with Gasteiger partial charge in [-0.3, -0.25) is 4.57 Å². The molecule has 0 saturated heterocycles. The molecular formula is C13H8F3N3. The van der Waals surface area contributed by atoms with Crippen LogP contribution in [-0.4, -0.2) is 9.55 Å². The van der Waals surface area contributed by atoms with Crippen LogP contribution in [0.1, 0.15) is 0 Å². The first-order valence-corrected chi connectivity index (χ1v) is 5.46. The molecule has 0 aliphatic rings. The van der Waals surface area contributed by atoms with Gasteiger partial charge in [-0.1, -0.05) is 12.1 Å². The summed E-state index contributed by atoms with van der Waals surface area (Å²) in [4.78, 5) is 3.84. The van der Waals surface area contributed by atoms with Crippen molar-refractivity contribution >= 4 is 17.0 Å². The van der Waals surface area contributed by atoms with Gasteiger partial charge in [-0.2, -0.15) is 0 Å². The number of benzene rings is 2. The lowest BCUT2D eigenvalue weighted by Crippen LogP contribution is -2.04. The van der Waals surface area contributed by atoms with Gasteiger partial charge in [0.05, 0.1) is 11.2 Å². The molecule has 0 fully saturated rings. The van der Waals surface area contributed by atoms with E-state index in [2.05, 4.69) is 4.98 Å². The minimum absolute atomic E-state index is 0.0173. The largest absolute Gasteiger partial charge is 0.369 e. The van der Waals surface area contributed by atoms with E-state index in [4.69, 9.17) is 5.73 Å². The standard InChI is InChI=1S/C13H8F3N3/c14-7-3-1-5-9(11(7)16)19-10-6-2-4-8(15)12(10)18-13(19)17/h1-6H,(H2,17,18). The molecule has 3 nitrogen and oxygen atoms in total. The molecule has 19 heavy (non-hydrogen) atoms. The van der Waals surface area contributed by atoms with E-state index in [0.717, 1.165) is 6.07 Å². The van der Waals surface area contributed by atoms with Crippen molar-refractivity contribution in [3.63, 3.8) is 0 Å². The average Bonchev–Trinajstić information content (AvgIpc) is 2.71. The molecule has 3 rings (SSSR count). The molecule has 0 aliphatic heterocycles. The topological polar surface area (TPSA) is 43.8 Å². The molecule has 3 aromatic rings. The second kappa shape index (κ2) is 4.01. The summed E-state index contributed by atoms with van der Waals surface area (Å²) in [6.45, 7) is 0. The zero-order valence-corrected chi connectivity index (χ0v) is 9.57. The Labute approximate surface area is 106 Å². The highest BCUT2D eigenvalue weighted by atomic mass is 19.2. The molecule has 0 atom stereocenters. The number of halogens is 3. The summed E-state index contributed by atoms with van der Waals surface area (Å²) in [6, 6.07) is 7.90. The second-order valence-electron chi connectivity index (χ2n) is 3.99. The minimum Gasteiger partial charge on any atom is -0.369 e. The maximum atomic E-state index is 13.8. The van der Waals surface area contributed by atoms with Crippen LogP contribution < -0.4 is 5.73 Å². The molecule has 0 spiro atoms. The van der Waals surface area contributed by atoms with Crippen molar-refractivity contribution in [3.05, 3.63) is 53.8 Å². The van der Waals surface area contributed by atoms with E-state index in [0.29, 0.717) is 0 Å². The van der Waals surface area contributed by atoms with Gasteiger partial charge >= 0.3 is 0 Å². The van der Waals surface area contributed by atoms with Crippen molar-refractivity contribution < 1.29 is 13.2 Å². The number of hydrogen-bond donors (Lipinski definition) is 1. The third-order valence-electron chi connectivity index (χ3n) is 2.83. The van der Waals surface area contributed by atoms with Crippen molar-refractivity contribution in [2.24, 2.45) is 0 Å². The van der Waals surface area contributed by atoms with E-state index in [1.807, 2.05) is 0 Å². The first-order valence-electron chi connectivity index (χ1n) is 5.46. The molecule has 0 radical (unpaired) electrons. The van der Waals surface area contributed by atoms with Crippen LogP contribution in [0.2, 0.25) is 0 Å². The van der Waals surface area contributed by atoms with Crippen molar-refractivity contribution in [1.82, 2.24) is 9.55 Å². The van der Waals surface area contributed by atoms with Crippen LogP contribution in [0, 0.1) is 17.5 Å². The van der Waals surface area contributed by atoms with Crippen LogP contribution in [0.25, 0.3) is 16.7 Å². The fourth-order valence-electron chi connectivity index (χ4n) is 2.00. The van der Waals surface area contributed by atoms with Crippen LogP contribution in [0.5, 0.6) is 0 Å². The van der Waals surface area contributed by atoms with Crippen LogP contribution >= 0.6 is 0 Å². The average molecular weight is 263 g/mol. The van der Waals surface area contributed by atoms with Crippen molar-refractivity contribution in [2.75, 3.05) is 5.73 Å². The molecule has 1 aromatic heterocycles. The number of para-hydroxylation sites is 1.